The molecule has 0 radical (unpaired) electrons. The minimum absolute atomic E-state index is 0.0716. The Balaban J connectivity index is 2.46. The van der Waals surface area contributed by atoms with Gasteiger partial charge in [-0.25, -0.2) is 0 Å². The lowest BCUT2D eigenvalue weighted by atomic mass is 10.3. The molecule has 0 aromatic heterocycles. The molecule has 0 aromatic carbocycles. The molecule has 1 heterocycles. The number of carbonyl (C=O) groups is 2. The van der Waals surface area contributed by atoms with Crippen molar-refractivity contribution in [1.82, 2.24) is 10.2 Å². The highest BCUT2D eigenvalue weighted by molar-refractivity contribution is 5.77. The molecular weight excluding hydrogens is 170 g/mol. The van der Waals surface area contributed by atoms with Crippen molar-refractivity contribution in [2.45, 2.75) is 19.0 Å². The van der Waals surface area contributed by atoms with Crippen molar-refractivity contribution in [2.24, 2.45) is 5.73 Å². The maximum absolute atomic E-state index is 11.4. The molecule has 1 amide bonds. The Morgan fingerprint density at radius 3 is 3.15 bits per heavy atom. The van der Waals surface area contributed by atoms with Crippen molar-refractivity contribution in [3.8, 4) is 0 Å². The SMILES string of the molecule is NC1CN(CCC=O)C(=O)CCN1. The van der Waals surface area contributed by atoms with Gasteiger partial charge in [0.1, 0.15) is 6.29 Å². The molecule has 1 aliphatic rings. The number of aldehydes is 1. The van der Waals surface area contributed by atoms with Gasteiger partial charge >= 0.3 is 0 Å². The Morgan fingerprint density at radius 2 is 2.46 bits per heavy atom. The number of hydrogen-bond acceptors (Lipinski definition) is 4. The molecule has 5 nitrogen and oxygen atoms in total. The van der Waals surface area contributed by atoms with Crippen LogP contribution in [0.15, 0.2) is 0 Å². The second kappa shape index (κ2) is 4.94. The molecule has 3 N–H and O–H groups in total. The van der Waals surface area contributed by atoms with Gasteiger partial charge < -0.3 is 20.7 Å². The predicted molar refractivity (Wildman–Crippen MR) is 47.9 cm³/mol. The van der Waals surface area contributed by atoms with Crippen LogP contribution in [0.4, 0.5) is 0 Å². The third-order valence-electron chi connectivity index (χ3n) is 2.03. The minimum Gasteiger partial charge on any atom is -0.339 e. The van der Waals surface area contributed by atoms with E-state index in [1.165, 1.54) is 0 Å². The maximum atomic E-state index is 11.4. The molecule has 1 fully saturated rings. The van der Waals surface area contributed by atoms with Crippen molar-refractivity contribution < 1.29 is 9.59 Å². The molecule has 0 spiro atoms. The van der Waals surface area contributed by atoms with E-state index in [4.69, 9.17) is 5.73 Å². The molecule has 74 valence electrons. The van der Waals surface area contributed by atoms with Gasteiger partial charge in [0, 0.05) is 32.5 Å². The van der Waals surface area contributed by atoms with E-state index in [0.29, 0.717) is 32.5 Å². The second-order valence-electron chi connectivity index (χ2n) is 3.11. The summed E-state index contributed by atoms with van der Waals surface area (Å²) in [6, 6.07) is 0. The molecule has 13 heavy (non-hydrogen) atoms. The van der Waals surface area contributed by atoms with Crippen LogP contribution < -0.4 is 11.1 Å². The predicted octanol–water partition coefficient (Wildman–Crippen LogP) is -1.32. The van der Waals surface area contributed by atoms with Crippen molar-refractivity contribution in [3.05, 3.63) is 0 Å². The quantitative estimate of drug-likeness (QED) is 0.535. The number of rotatable bonds is 3. The zero-order valence-corrected chi connectivity index (χ0v) is 7.53. The minimum atomic E-state index is -0.168. The first-order chi connectivity index (χ1) is 6.24. The van der Waals surface area contributed by atoms with Gasteiger partial charge in [0.05, 0.1) is 6.17 Å². The number of amides is 1. The summed E-state index contributed by atoms with van der Waals surface area (Å²) >= 11 is 0. The van der Waals surface area contributed by atoms with Crippen LogP contribution in [0.25, 0.3) is 0 Å². The first kappa shape index (κ1) is 10.1. The van der Waals surface area contributed by atoms with Crippen LogP contribution >= 0.6 is 0 Å². The molecule has 1 atom stereocenters. The molecule has 0 aromatic rings. The smallest absolute Gasteiger partial charge is 0.223 e. The fourth-order valence-electron chi connectivity index (χ4n) is 1.35. The maximum Gasteiger partial charge on any atom is 0.223 e. The normalized spacial score (nSPS) is 24.2. The second-order valence-corrected chi connectivity index (χ2v) is 3.11. The monoisotopic (exact) mass is 185 g/mol. The molecule has 5 heteroatoms. The topological polar surface area (TPSA) is 75.4 Å². The first-order valence-corrected chi connectivity index (χ1v) is 4.44. The molecular formula is C8H15N3O2. The van der Waals surface area contributed by atoms with Gasteiger partial charge in [0.25, 0.3) is 0 Å². The summed E-state index contributed by atoms with van der Waals surface area (Å²) in [5.74, 6) is 0.0716. The number of nitrogens with two attached hydrogens (primary N) is 1. The van der Waals surface area contributed by atoms with E-state index in [-0.39, 0.29) is 12.1 Å². The van der Waals surface area contributed by atoms with E-state index >= 15 is 0 Å². The Bertz CT molecular complexity index is 196. The Hall–Kier alpha value is -0.940. The lowest BCUT2D eigenvalue weighted by molar-refractivity contribution is -0.130. The highest BCUT2D eigenvalue weighted by Gasteiger charge is 2.19. The number of nitrogens with zero attached hydrogens (tertiary/aromatic N) is 1. The number of nitrogens with one attached hydrogen (secondary N) is 1. The van der Waals surface area contributed by atoms with Gasteiger partial charge in [-0.15, -0.1) is 0 Å². The van der Waals surface area contributed by atoms with Crippen molar-refractivity contribution >= 4 is 12.2 Å². The molecule has 0 aliphatic carbocycles. The molecule has 1 saturated heterocycles. The van der Waals surface area contributed by atoms with Crippen LogP contribution in [0.2, 0.25) is 0 Å². The van der Waals surface area contributed by atoms with E-state index in [1.54, 1.807) is 4.90 Å². The standard InChI is InChI=1S/C8H15N3O2/c9-7-6-11(4-1-5-12)8(13)2-3-10-7/h5,7,10H,1-4,6,9H2. The first-order valence-electron chi connectivity index (χ1n) is 4.44. The molecule has 0 bridgehead atoms. The fourth-order valence-corrected chi connectivity index (χ4v) is 1.35. The molecule has 1 aliphatic heterocycles. The lowest BCUT2D eigenvalue weighted by Crippen LogP contribution is -2.45. The van der Waals surface area contributed by atoms with Crippen LogP contribution in [0.1, 0.15) is 12.8 Å². The highest BCUT2D eigenvalue weighted by Crippen LogP contribution is 2.00. The molecule has 1 rings (SSSR count). The number of carbonyl (C=O) groups excluding carboxylic acids is 2. The summed E-state index contributed by atoms with van der Waals surface area (Å²) in [4.78, 5) is 23.2. The van der Waals surface area contributed by atoms with Crippen LogP contribution in [0.5, 0.6) is 0 Å². The largest absolute Gasteiger partial charge is 0.339 e. The Morgan fingerprint density at radius 1 is 1.69 bits per heavy atom. The van der Waals surface area contributed by atoms with Gasteiger partial charge in [-0.3, -0.25) is 4.79 Å². The van der Waals surface area contributed by atoms with Crippen LogP contribution in [0, 0.1) is 0 Å². The van der Waals surface area contributed by atoms with Gasteiger partial charge in [0.2, 0.25) is 5.91 Å². The van der Waals surface area contributed by atoms with Gasteiger partial charge in [-0.2, -0.15) is 0 Å². The summed E-state index contributed by atoms with van der Waals surface area (Å²) in [5, 5.41) is 3.01. The Kier molecular flexibility index (Phi) is 3.85. The third-order valence-corrected chi connectivity index (χ3v) is 2.03. The average Bonchev–Trinajstić information content (AvgIpc) is 2.25. The zero-order valence-electron chi connectivity index (χ0n) is 7.53. The van der Waals surface area contributed by atoms with Gasteiger partial charge in [0.15, 0.2) is 0 Å². The Labute approximate surface area is 77.3 Å². The summed E-state index contributed by atoms with van der Waals surface area (Å²) in [7, 11) is 0. The van der Waals surface area contributed by atoms with Crippen molar-refractivity contribution in [3.63, 3.8) is 0 Å². The number of hydrogen-bond donors (Lipinski definition) is 2. The summed E-state index contributed by atoms with van der Waals surface area (Å²) in [6.07, 6.45) is 1.50. The van der Waals surface area contributed by atoms with E-state index in [0.717, 1.165) is 6.29 Å². The zero-order chi connectivity index (χ0) is 9.68. The van der Waals surface area contributed by atoms with E-state index in [1.807, 2.05) is 0 Å². The average molecular weight is 185 g/mol. The van der Waals surface area contributed by atoms with E-state index in [2.05, 4.69) is 5.32 Å². The fraction of sp³-hybridized carbons (Fsp3) is 0.750. The van der Waals surface area contributed by atoms with Crippen LogP contribution in [-0.4, -0.2) is 42.9 Å². The van der Waals surface area contributed by atoms with E-state index < -0.39 is 0 Å². The van der Waals surface area contributed by atoms with E-state index in [9.17, 15) is 9.59 Å². The lowest BCUT2D eigenvalue weighted by Gasteiger charge is -2.21. The van der Waals surface area contributed by atoms with Gasteiger partial charge in [-0.1, -0.05) is 0 Å². The van der Waals surface area contributed by atoms with Gasteiger partial charge in [-0.05, 0) is 0 Å². The van der Waals surface area contributed by atoms with Crippen LogP contribution in [-0.2, 0) is 9.59 Å². The summed E-state index contributed by atoms with van der Waals surface area (Å²) < 4.78 is 0. The van der Waals surface area contributed by atoms with Crippen molar-refractivity contribution in [1.29, 1.82) is 0 Å². The van der Waals surface area contributed by atoms with Crippen molar-refractivity contribution in [2.75, 3.05) is 19.6 Å². The molecule has 0 saturated carbocycles. The molecule has 1 unspecified atom stereocenters. The third kappa shape index (κ3) is 3.12. The van der Waals surface area contributed by atoms with Crippen LogP contribution in [0.3, 0.4) is 0 Å². The highest BCUT2D eigenvalue weighted by atomic mass is 16.2. The summed E-state index contributed by atoms with van der Waals surface area (Å²) in [6.45, 7) is 1.60. The summed E-state index contributed by atoms with van der Waals surface area (Å²) in [5.41, 5.74) is 5.67.